The standard InChI is InChI=1S/C20H29NO8/c1-20(2,3)29-19(27)21-15(18(25)26)11-14(17(23)24)16(22)9-10-28-12-13-7-5-4-6-8-13/h4-8,14-16,22H,9-12H2,1-3H3,(H,21,27)(H,23,24)(H,25,26)/t14?,15-,16?/m0/s1. The van der Waals surface area contributed by atoms with Gasteiger partial charge in [0.05, 0.1) is 18.6 Å². The number of benzene rings is 1. The molecular formula is C20H29NO8. The van der Waals surface area contributed by atoms with E-state index in [2.05, 4.69) is 5.32 Å². The van der Waals surface area contributed by atoms with E-state index in [-0.39, 0.29) is 13.0 Å². The Hall–Kier alpha value is -2.65. The van der Waals surface area contributed by atoms with Crippen LogP contribution in [0.5, 0.6) is 0 Å². The van der Waals surface area contributed by atoms with Crippen LogP contribution in [0.3, 0.4) is 0 Å². The molecule has 1 aromatic rings. The Kier molecular flexibility index (Phi) is 9.57. The molecule has 0 aromatic heterocycles. The zero-order chi connectivity index (χ0) is 22.0. The molecule has 0 saturated heterocycles. The van der Waals surface area contributed by atoms with Crippen molar-refractivity contribution in [1.29, 1.82) is 0 Å². The average Bonchev–Trinajstić information content (AvgIpc) is 2.60. The number of hydrogen-bond acceptors (Lipinski definition) is 6. The van der Waals surface area contributed by atoms with Gasteiger partial charge in [0, 0.05) is 6.61 Å². The second kappa shape index (κ2) is 11.4. The third-order valence-corrected chi connectivity index (χ3v) is 3.93. The fourth-order valence-corrected chi connectivity index (χ4v) is 2.52. The maximum atomic E-state index is 11.8. The maximum absolute atomic E-state index is 11.8. The van der Waals surface area contributed by atoms with Crippen molar-refractivity contribution < 1.29 is 39.2 Å². The quantitative estimate of drug-likeness (QED) is 0.405. The van der Waals surface area contributed by atoms with Crippen LogP contribution in [0, 0.1) is 5.92 Å². The normalized spacial score (nSPS) is 14.5. The predicted octanol–water partition coefficient (Wildman–Crippen LogP) is 2.02. The van der Waals surface area contributed by atoms with E-state index < -0.39 is 48.1 Å². The van der Waals surface area contributed by atoms with Crippen LogP contribution in [0.1, 0.15) is 39.2 Å². The SMILES string of the molecule is CC(C)(C)OC(=O)N[C@@H](CC(C(=O)O)C(O)CCOCc1ccccc1)C(=O)O. The number of rotatable bonds is 11. The van der Waals surface area contributed by atoms with Crippen LogP contribution in [0.15, 0.2) is 30.3 Å². The second-order valence-electron chi connectivity index (χ2n) is 7.61. The molecule has 1 rings (SSSR count). The Morgan fingerprint density at radius 1 is 1.07 bits per heavy atom. The van der Waals surface area contributed by atoms with E-state index in [1.807, 2.05) is 30.3 Å². The molecule has 0 saturated carbocycles. The van der Waals surface area contributed by atoms with Crippen LogP contribution >= 0.6 is 0 Å². The maximum Gasteiger partial charge on any atom is 0.408 e. The summed E-state index contributed by atoms with van der Waals surface area (Å²) in [6.07, 6.45) is -2.81. The van der Waals surface area contributed by atoms with Gasteiger partial charge in [-0.05, 0) is 39.2 Å². The highest BCUT2D eigenvalue weighted by molar-refractivity contribution is 5.81. The number of carboxylic acid groups (broad SMARTS) is 2. The largest absolute Gasteiger partial charge is 0.481 e. The van der Waals surface area contributed by atoms with E-state index in [0.29, 0.717) is 6.61 Å². The molecule has 9 heteroatoms. The molecule has 9 nitrogen and oxygen atoms in total. The van der Waals surface area contributed by atoms with Crippen LogP contribution < -0.4 is 5.32 Å². The molecule has 3 atom stereocenters. The van der Waals surface area contributed by atoms with Gasteiger partial charge in [-0.1, -0.05) is 30.3 Å². The first-order valence-corrected chi connectivity index (χ1v) is 9.24. The van der Waals surface area contributed by atoms with Crippen molar-refractivity contribution in [3.05, 3.63) is 35.9 Å². The minimum absolute atomic E-state index is 0.00256. The molecule has 162 valence electrons. The molecule has 0 radical (unpaired) electrons. The van der Waals surface area contributed by atoms with Gasteiger partial charge in [-0.25, -0.2) is 9.59 Å². The highest BCUT2D eigenvalue weighted by atomic mass is 16.6. The lowest BCUT2D eigenvalue weighted by Crippen LogP contribution is -2.46. The average molecular weight is 411 g/mol. The minimum Gasteiger partial charge on any atom is -0.481 e. The Morgan fingerprint density at radius 2 is 1.69 bits per heavy atom. The number of carbonyl (C=O) groups excluding carboxylic acids is 1. The predicted molar refractivity (Wildman–Crippen MR) is 103 cm³/mol. The number of hydrogen-bond donors (Lipinski definition) is 4. The summed E-state index contributed by atoms with van der Waals surface area (Å²) in [6.45, 7) is 5.24. The highest BCUT2D eigenvalue weighted by Crippen LogP contribution is 2.17. The van der Waals surface area contributed by atoms with E-state index in [4.69, 9.17) is 9.47 Å². The topological polar surface area (TPSA) is 142 Å². The monoisotopic (exact) mass is 411 g/mol. The summed E-state index contributed by atoms with van der Waals surface area (Å²) < 4.78 is 10.4. The van der Waals surface area contributed by atoms with Crippen molar-refractivity contribution in [1.82, 2.24) is 5.32 Å². The van der Waals surface area contributed by atoms with Gasteiger partial charge < -0.3 is 30.1 Å². The van der Waals surface area contributed by atoms with Crippen LogP contribution in [-0.2, 0) is 25.7 Å². The number of alkyl carbamates (subject to hydrolysis) is 1. The summed E-state index contributed by atoms with van der Waals surface area (Å²) in [5.41, 5.74) is 0.0962. The number of aliphatic carboxylic acids is 2. The van der Waals surface area contributed by atoms with Crippen molar-refractivity contribution in [2.24, 2.45) is 5.92 Å². The number of carboxylic acids is 2. The third kappa shape index (κ3) is 9.91. The van der Waals surface area contributed by atoms with Crippen molar-refractivity contribution >= 4 is 18.0 Å². The smallest absolute Gasteiger partial charge is 0.408 e. The molecular weight excluding hydrogens is 382 g/mol. The Balaban J connectivity index is 2.59. The molecule has 0 spiro atoms. The zero-order valence-corrected chi connectivity index (χ0v) is 16.8. The van der Waals surface area contributed by atoms with Gasteiger partial charge in [0.15, 0.2) is 0 Å². The van der Waals surface area contributed by atoms with Gasteiger partial charge in [-0.3, -0.25) is 4.79 Å². The second-order valence-corrected chi connectivity index (χ2v) is 7.61. The van der Waals surface area contributed by atoms with E-state index in [1.54, 1.807) is 20.8 Å². The summed E-state index contributed by atoms with van der Waals surface area (Å²) in [7, 11) is 0. The number of aliphatic hydroxyl groups is 1. The number of carbonyl (C=O) groups is 3. The van der Waals surface area contributed by atoms with Crippen LogP contribution in [0.4, 0.5) is 4.79 Å². The van der Waals surface area contributed by atoms with Gasteiger partial charge in [0.2, 0.25) is 0 Å². The summed E-state index contributed by atoms with van der Waals surface area (Å²) in [6, 6.07) is 7.81. The lowest BCUT2D eigenvalue weighted by molar-refractivity contribution is -0.148. The highest BCUT2D eigenvalue weighted by Gasteiger charge is 2.34. The number of nitrogens with one attached hydrogen (secondary N) is 1. The van der Waals surface area contributed by atoms with Crippen molar-refractivity contribution in [3.8, 4) is 0 Å². The first kappa shape index (κ1) is 24.4. The molecule has 0 bridgehead atoms. The minimum atomic E-state index is -1.52. The summed E-state index contributed by atoms with van der Waals surface area (Å²) in [4.78, 5) is 34.8. The molecule has 0 aliphatic carbocycles. The van der Waals surface area contributed by atoms with Gasteiger partial charge in [-0.15, -0.1) is 0 Å². The van der Waals surface area contributed by atoms with Crippen molar-refractivity contribution in [2.45, 2.75) is 58.0 Å². The van der Waals surface area contributed by atoms with Crippen molar-refractivity contribution in [2.75, 3.05) is 6.61 Å². The first-order valence-electron chi connectivity index (χ1n) is 9.24. The molecule has 0 fully saturated rings. The fourth-order valence-electron chi connectivity index (χ4n) is 2.52. The number of amides is 1. The van der Waals surface area contributed by atoms with Gasteiger partial charge in [0.1, 0.15) is 11.6 Å². The molecule has 0 aliphatic heterocycles. The van der Waals surface area contributed by atoms with E-state index in [0.717, 1.165) is 5.56 Å². The van der Waals surface area contributed by atoms with Crippen molar-refractivity contribution in [3.63, 3.8) is 0 Å². The third-order valence-electron chi connectivity index (χ3n) is 3.93. The Morgan fingerprint density at radius 3 is 2.21 bits per heavy atom. The number of aliphatic hydroxyl groups excluding tert-OH is 1. The molecule has 29 heavy (non-hydrogen) atoms. The Bertz CT molecular complexity index is 671. The van der Waals surface area contributed by atoms with Gasteiger partial charge in [0.25, 0.3) is 0 Å². The summed E-state index contributed by atoms with van der Waals surface area (Å²) in [5, 5.41) is 31.1. The van der Waals surface area contributed by atoms with E-state index in [1.165, 1.54) is 0 Å². The summed E-state index contributed by atoms with van der Waals surface area (Å²) in [5.74, 6) is -4.18. The molecule has 0 heterocycles. The molecule has 1 amide bonds. The van der Waals surface area contributed by atoms with Gasteiger partial charge in [-0.2, -0.15) is 0 Å². The first-order chi connectivity index (χ1) is 13.5. The molecule has 4 N–H and O–H groups in total. The molecule has 2 unspecified atom stereocenters. The van der Waals surface area contributed by atoms with Crippen LogP contribution in [-0.4, -0.2) is 57.7 Å². The zero-order valence-electron chi connectivity index (χ0n) is 16.8. The Labute approximate surface area is 169 Å². The van der Waals surface area contributed by atoms with Crippen LogP contribution in [0.2, 0.25) is 0 Å². The lowest BCUT2D eigenvalue weighted by atomic mass is 9.92. The van der Waals surface area contributed by atoms with Gasteiger partial charge >= 0.3 is 18.0 Å². The summed E-state index contributed by atoms with van der Waals surface area (Å²) >= 11 is 0. The molecule has 0 aliphatic rings. The van der Waals surface area contributed by atoms with Crippen LogP contribution in [0.25, 0.3) is 0 Å². The lowest BCUT2D eigenvalue weighted by Gasteiger charge is -2.25. The number of ether oxygens (including phenoxy) is 2. The van der Waals surface area contributed by atoms with E-state index in [9.17, 15) is 29.7 Å². The van der Waals surface area contributed by atoms with E-state index >= 15 is 0 Å². The fraction of sp³-hybridized carbons (Fsp3) is 0.550. The molecule has 1 aromatic carbocycles.